The van der Waals surface area contributed by atoms with Gasteiger partial charge in [0.25, 0.3) is 0 Å². The molecule has 1 aliphatic carbocycles. The largest absolute Gasteiger partial charge is 0.465 e. The molecule has 2 amide bonds. The lowest BCUT2D eigenvalue weighted by Crippen LogP contribution is -2.43. The number of hydrogen-bond acceptors (Lipinski definition) is 4. The quantitative estimate of drug-likeness (QED) is 0.392. The molecule has 0 bridgehead atoms. The number of ether oxygens (including phenoxy) is 1. The minimum Gasteiger partial charge on any atom is -0.465 e. The number of esters is 1. The highest BCUT2D eigenvalue weighted by molar-refractivity contribution is 6.35. The predicted octanol–water partition coefficient (Wildman–Crippen LogP) is 2.80. The van der Waals surface area contributed by atoms with Gasteiger partial charge in [-0.1, -0.05) is 41.5 Å². The summed E-state index contributed by atoms with van der Waals surface area (Å²) in [6.45, 7) is 14.9. The van der Waals surface area contributed by atoms with Crippen LogP contribution in [0.25, 0.3) is 0 Å². The van der Waals surface area contributed by atoms with Gasteiger partial charge in [0.2, 0.25) is 0 Å². The highest BCUT2D eigenvalue weighted by Gasteiger charge is 2.67. The van der Waals surface area contributed by atoms with Gasteiger partial charge in [0, 0.05) is 12.6 Å². The average molecular weight is 369 g/mol. The van der Waals surface area contributed by atoms with Crippen molar-refractivity contribution in [2.75, 3.05) is 13.2 Å². The van der Waals surface area contributed by atoms with Gasteiger partial charge in [-0.25, -0.2) is 0 Å². The van der Waals surface area contributed by atoms with Crippen LogP contribution in [0.2, 0.25) is 0 Å². The van der Waals surface area contributed by atoms with Gasteiger partial charge < -0.3 is 15.4 Å². The first-order chi connectivity index (χ1) is 11.8. The summed E-state index contributed by atoms with van der Waals surface area (Å²) in [6.07, 6.45) is 2.91. The van der Waals surface area contributed by atoms with Crippen LogP contribution in [0.15, 0.2) is 0 Å². The fraction of sp³-hybridized carbons (Fsp3) is 0.850. The van der Waals surface area contributed by atoms with Crippen LogP contribution >= 0.6 is 0 Å². The third-order valence-corrected chi connectivity index (χ3v) is 5.17. The van der Waals surface area contributed by atoms with Crippen molar-refractivity contribution < 1.29 is 19.1 Å². The summed E-state index contributed by atoms with van der Waals surface area (Å²) in [6, 6.07) is -0.0323. The third-order valence-electron chi connectivity index (χ3n) is 5.17. The molecule has 0 aromatic carbocycles. The highest BCUT2D eigenvalue weighted by Crippen LogP contribution is 2.68. The predicted molar refractivity (Wildman–Crippen MR) is 101 cm³/mol. The second-order valence-corrected chi connectivity index (χ2v) is 9.41. The van der Waals surface area contributed by atoms with E-state index in [1.165, 1.54) is 0 Å². The fourth-order valence-electron chi connectivity index (χ4n) is 3.39. The van der Waals surface area contributed by atoms with Crippen molar-refractivity contribution in [2.45, 2.75) is 80.2 Å². The summed E-state index contributed by atoms with van der Waals surface area (Å²) in [5, 5.41) is 5.16. The zero-order valence-corrected chi connectivity index (χ0v) is 17.5. The number of nitrogens with one attached hydrogen (secondary N) is 2. The lowest BCUT2D eigenvalue weighted by Gasteiger charge is -2.27. The van der Waals surface area contributed by atoms with Crippen molar-refractivity contribution in [1.29, 1.82) is 0 Å². The van der Waals surface area contributed by atoms with Gasteiger partial charge in [0.1, 0.15) is 0 Å². The molecule has 0 radical (unpaired) electrons. The molecule has 0 spiro atoms. The van der Waals surface area contributed by atoms with Crippen molar-refractivity contribution in [3.63, 3.8) is 0 Å². The molecule has 0 aromatic heterocycles. The molecule has 6 nitrogen and oxygen atoms in total. The molecule has 0 aliphatic heterocycles. The Morgan fingerprint density at radius 1 is 1.15 bits per heavy atom. The molecule has 1 fully saturated rings. The minimum absolute atomic E-state index is 0.0281. The maximum atomic E-state index is 12.6. The monoisotopic (exact) mass is 368 g/mol. The topological polar surface area (TPSA) is 84.5 Å². The minimum atomic E-state index is -0.649. The molecule has 1 rings (SSSR count). The Hall–Kier alpha value is -1.59. The van der Waals surface area contributed by atoms with E-state index in [0.717, 1.165) is 19.3 Å². The summed E-state index contributed by atoms with van der Waals surface area (Å²) in [4.78, 5) is 35.9. The number of hydrogen-bond donors (Lipinski definition) is 2. The Balaban J connectivity index is 2.34. The molecule has 2 N–H and O–H groups in total. The molecule has 0 saturated heterocycles. The van der Waals surface area contributed by atoms with Crippen molar-refractivity contribution in [2.24, 2.45) is 16.2 Å². The Bertz CT molecular complexity index is 536. The van der Waals surface area contributed by atoms with E-state index in [-0.39, 0.29) is 29.4 Å². The summed E-state index contributed by atoms with van der Waals surface area (Å²) in [7, 11) is 0. The van der Waals surface area contributed by atoms with E-state index in [2.05, 4.69) is 45.3 Å². The molecule has 150 valence electrons. The van der Waals surface area contributed by atoms with Crippen molar-refractivity contribution in [1.82, 2.24) is 10.6 Å². The second kappa shape index (κ2) is 8.40. The summed E-state index contributed by atoms with van der Waals surface area (Å²) in [5.74, 6) is -1.41. The van der Waals surface area contributed by atoms with Gasteiger partial charge in [-0.2, -0.15) is 0 Å². The Morgan fingerprint density at radius 3 is 2.19 bits per heavy atom. The molecule has 0 heterocycles. The van der Waals surface area contributed by atoms with Crippen LogP contribution < -0.4 is 10.6 Å². The standard InChI is InChI=1S/C20H36N2O4/c1-8-14(2)22-16(24)15(23)21-10-9-11-26-17(25)20(12-18(3,4)5)13-19(20,6)7/h14H,8-13H2,1-7H3,(H,21,23)(H,22,24). The lowest BCUT2D eigenvalue weighted by atomic mass is 9.79. The van der Waals surface area contributed by atoms with Crippen LogP contribution in [0, 0.1) is 16.2 Å². The molecular formula is C20H36N2O4. The molecule has 26 heavy (non-hydrogen) atoms. The Labute approximate surface area is 157 Å². The molecule has 6 heteroatoms. The van der Waals surface area contributed by atoms with Crippen molar-refractivity contribution >= 4 is 17.8 Å². The summed E-state index contributed by atoms with van der Waals surface area (Å²) >= 11 is 0. The number of carbonyl (C=O) groups is 3. The molecule has 2 unspecified atom stereocenters. The van der Waals surface area contributed by atoms with Gasteiger partial charge in [-0.05, 0) is 43.4 Å². The maximum Gasteiger partial charge on any atom is 0.312 e. The van der Waals surface area contributed by atoms with E-state index < -0.39 is 17.2 Å². The maximum absolute atomic E-state index is 12.6. The third kappa shape index (κ3) is 5.99. The Morgan fingerprint density at radius 2 is 1.73 bits per heavy atom. The zero-order valence-electron chi connectivity index (χ0n) is 17.5. The molecule has 0 aromatic rings. The summed E-state index contributed by atoms with van der Waals surface area (Å²) in [5.41, 5.74) is -0.367. The normalized spacial score (nSPS) is 22.3. The molecule has 2 atom stereocenters. The first-order valence-electron chi connectivity index (χ1n) is 9.60. The van der Waals surface area contributed by atoms with Gasteiger partial charge in [-0.15, -0.1) is 0 Å². The van der Waals surface area contributed by atoms with E-state index in [9.17, 15) is 14.4 Å². The van der Waals surface area contributed by atoms with E-state index >= 15 is 0 Å². The lowest BCUT2D eigenvalue weighted by molar-refractivity contribution is -0.153. The summed E-state index contributed by atoms with van der Waals surface area (Å²) < 4.78 is 5.48. The second-order valence-electron chi connectivity index (χ2n) is 9.41. The number of rotatable bonds is 8. The first kappa shape index (κ1) is 22.5. The van der Waals surface area contributed by atoms with E-state index in [0.29, 0.717) is 13.0 Å². The van der Waals surface area contributed by atoms with Crippen LogP contribution in [-0.4, -0.2) is 37.0 Å². The van der Waals surface area contributed by atoms with Gasteiger partial charge in [-0.3, -0.25) is 14.4 Å². The van der Waals surface area contributed by atoms with Crippen LogP contribution in [0.5, 0.6) is 0 Å². The van der Waals surface area contributed by atoms with Gasteiger partial charge in [0.05, 0.1) is 12.0 Å². The molecule has 1 saturated carbocycles. The Kier molecular flexibility index (Phi) is 7.25. The van der Waals surface area contributed by atoms with Gasteiger partial charge >= 0.3 is 17.8 Å². The fourth-order valence-corrected chi connectivity index (χ4v) is 3.39. The molecular weight excluding hydrogens is 332 g/mol. The van der Waals surface area contributed by atoms with Gasteiger partial charge in [0.15, 0.2) is 0 Å². The SMILES string of the molecule is CCC(C)NC(=O)C(=O)NCCCOC(=O)C1(CC(C)(C)C)CC1(C)C. The van der Waals surface area contributed by atoms with E-state index in [1.807, 2.05) is 13.8 Å². The van der Waals surface area contributed by atoms with Crippen LogP contribution in [0.3, 0.4) is 0 Å². The highest BCUT2D eigenvalue weighted by atomic mass is 16.5. The van der Waals surface area contributed by atoms with E-state index in [4.69, 9.17) is 4.74 Å². The van der Waals surface area contributed by atoms with E-state index in [1.54, 1.807) is 0 Å². The van der Waals surface area contributed by atoms with Crippen molar-refractivity contribution in [3.05, 3.63) is 0 Å². The van der Waals surface area contributed by atoms with Crippen LogP contribution in [-0.2, 0) is 19.1 Å². The van der Waals surface area contributed by atoms with Crippen molar-refractivity contribution in [3.8, 4) is 0 Å². The first-order valence-corrected chi connectivity index (χ1v) is 9.60. The molecule has 1 aliphatic rings. The zero-order chi connectivity index (χ0) is 20.2. The van der Waals surface area contributed by atoms with Crippen LogP contribution in [0.4, 0.5) is 0 Å². The number of carbonyl (C=O) groups excluding carboxylic acids is 3. The van der Waals surface area contributed by atoms with Crippen LogP contribution in [0.1, 0.15) is 74.1 Å². The smallest absolute Gasteiger partial charge is 0.312 e. The average Bonchev–Trinajstić information content (AvgIpc) is 3.05. The number of amides is 2.